The van der Waals surface area contributed by atoms with Crippen LogP contribution in [0.2, 0.25) is 0 Å². The second-order valence-corrected chi connectivity index (χ2v) is 6.06. The van der Waals surface area contributed by atoms with E-state index < -0.39 is 0 Å². The molecule has 1 unspecified atom stereocenters. The van der Waals surface area contributed by atoms with Crippen molar-refractivity contribution in [3.05, 3.63) is 24.2 Å². The zero-order valence-corrected chi connectivity index (χ0v) is 12.3. The van der Waals surface area contributed by atoms with Crippen LogP contribution in [-0.2, 0) is 11.3 Å². The molecule has 1 aliphatic heterocycles. The van der Waals surface area contributed by atoms with Crippen LogP contribution in [0.3, 0.4) is 0 Å². The molecule has 0 bridgehead atoms. The van der Waals surface area contributed by atoms with Crippen molar-refractivity contribution >= 4 is 0 Å². The Morgan fingerprint density at radius 2 is 2.21 bits per heavy atom. The Labute approximate surface area is 115 Å². The highest BCUT2D eigenvalue weighted by Crippen LogP contribution is 2.36. The second-order valence-electron chi connectivity index (χ2n) is 6.06. The lowest BCUT2D eigenvalue weighted by Crippen LogP contribution is -2.60. The van der Waals surface area contributed by atoms with E-state index >= 15 is 0 Å². The predicted octanol–water partition coefficient (Wildman–Crippen LogP) is 2.39. The molecule has 19 heavy (non-hydrogen) atoms. The van der Waals surface area contributed by atoms with E-state index in [1.165, 1.54) is 0 Å². The average molecular weight is 266 g/mol. The Hall–Kier alpha value is -0.840. The van der Waals surface area contributed by atoms with E-state index in [0.29, 0.717) is 6.54 Å². The maximum Gasteiger partial charge on any atom is 0.117 e. The zero-order chi connectivity index (χ0) is 13.9. The van der Waals surface area contributed by atoms with Gasteiger partial charge in [-0.25, -0.2) is 0 Å². The van der Waals surface area contributed by atoms with Gasteiger partial charge >= 0.3 is 0 Å². The fourth-order valence-corrected chi connectivity index (χ4v) is 3.23. The minimum atomic E-state index is -0.103. The number of ether oxygens (including phenoxy) is 1. The van der Waals surface area contributed by atoms with Crippen LogP contribution in [0.4, 0.5) is 0 Å². The maximum atomic E-state index is 6.14. The number of rotatable bonds is 5. The Morgan fingerprint density at radius 1 is 1.42 bits per heavy atom. The molecular weight excluding hydrogens is 240 g/mol. The number of hydrogen-bond donors (Lipinski definition) is 1. The molecule has 0 amide bonds. The van der Waals surface area contributed by atoms with Crippen molar-refractivity contribution in [3.8, 4) is 0 Å². The van der Waals surface area contributed by atoms with Crippen molar-refractivity contribution in [2.45, 2.75) is 51.3 Å². The molecule has 108 valence electrons. The zero-order valence-electron chi connectivity index (χ0n) is 12.3. The molecule has 2 rings (SSSR count). The molecule has 0 aromatic carbocycles. The van der Waals surface area contributed by atoms with Gasteiger partial charge in [-0.3, -0.25) is 4.90 Å². The molecule has 0 aliphatic carbocycles. The van der Waals surface area contributed by atoms with Crippen LogP contribution < -0.4 is 5.73 Å². The molecule has 4 nitrogen and oxygen atoms in total. The summed E-state index contributed by atoms with van der Waals surface area (Å²) < 4.78 is 11.3. The third-order valence-corrected chi connectivity index (χ3v) is 4.17. The number of nitrogens with zero attached hydrogens (tertiary/aromatic N) is 1. The summed E-state index contributed by atoms with van der Waals surface area (Å²) in [5.74, 6) is 0.999. The minimum absolute atomic E-state index is 0.0172. The van der Waals surface area contributed by atoms with E-state index in [4.69, 9.17) is 14.9 Å². The van der Waals surface area contributed by atoms with Crippen molar-refractivity contribution in [1.29, 1.82) is 0 Å². The maximum absolute atomic E-state index is 6.14. The van der Waals surface area contributed by atoms with Gasteiger partial charge in [0.15, 0.2) is 0 Å². The van der Waals surface area contributed by atoms with Gasteiger partial charge in [0.1, 0.15) is 5.76 Å². The standard InChI is InChI=1S/C15H26N2O2/c1-4-17(10-13-6-5-8-18-13)15(12-16)7-9-19-14(2,3)11-15/h5-6,8H,4,7,9-12,16H2,1-3H3. The largest absolute Gasteiger partial charge is 0.468 e. The number of nitrogens with two attached hydrogens (primary N) is 1. The van der Waals surface area contributed by atoms with Crippen LogP contribution in [0.25, 0.3) is 0 Å². The summed E-state index contributed by atoms with van der Waals surface area (Å²) >= 11 is 0. The fourth-order valence-electron chi connectivity index (χ4n) is 3.23. The summed E-state index contributed by atoms with van der Waals surface area (Å²) in [5.41, 5.74) is 6.05. The molecular formula is C15H26N2O2. The Bertz CT molecular complexity index is 389. The van der Waals surface area contributed by atoms with Gasteiger partial charge < -0.3 is 14.9 Å². The third-order valence-electron chi connectivity index (χ3n) is 4.17. The first-order valence-electron chi connectivity index (χ1n) is 7.13. The summed E-state index contributed by atoms with van der Waals surface area (Å²) in [6, 6.07) is 3.96. The summed E-state index contributed by atoms with van der Waals surface area (Å²) in [4.78, 5) is 2.44. The van der Waals surface area contributed by atoms with E-state index in [-0.39, 0.29) is 11.1 Å². The highest BCUT2D eigenvalue weighted by atomic mass is 16.5. The minimum Gasteiger partial charge on any atom is -0.468 e. The van der Waals surface area contributed by atoms with E-state index in [2.05, 4.69) is 25.7 Å². The van der Waals surface area contributed by atoms with E-state index in [1.807, 2.05) is 12.1 Å². The monoisotopic (exact) mass is 266 g/mol. The van der Waals surface area contributed by atoms with Crippen LogP contribution in [0.15, 0.2) is 22.8 Å². The Kier molecular flexibility index (Phi) is 4.33. The molecule has 1 aromatic heterocycles. The average Bonchev–Trinajstić information content (AvgIpc) is 2.87. The Balaban J connectivity index is 2.17. The van der Waals surface area contributed by atoms with E-state index in [9.17, 15) is 0 Å². The van der Waals surface area contributed by atoms with E-state index in [0.717, 1.165) is 38.3 Å². The molecule has 1 aliphatic rings. The molecule has 0 saturated carbocycles. The lowest BCUT2D eigenvalue weighted by Gasteiger charge is -2.50. The molecule has 4 heteroatoms. The normalized spacial score (nSPS) is 26.8. The van der Waals surface area contributed by atoms with Crippen LogP contribution >= 0.6 is 0 Å². The molecule has 2 N–H and O–H groups in total. The van der Waals surface area contributed by atoms with Crippen molar-refractivity contribution in [3.63, 3.8) is 0 Å². The van der Waals surface area contributed by atoms with Gasteiger partial charge in [0.25, 0.3) is 0 Å². The number of hydrogen-bond acceptors (Lipinski definition) is 4. The first-order chi connectivity index (χ1) is 9.01. The lowest BCUT2D eigenvalue weighted by atomic mass is 9.79. The predicted molar refractivity (Wildman–Crippen MR) is 75.8 cm³/mol. The van der Waals surface area contributed by atoms with Crippen molar-refractivity contribution in [1.82, 2.24) is 4.90 Å². The third kappa shape index (κ3) is 3.19. The van der Waals surface area contributed by atoms with Gasteiger partial charge in [-0.15, -0.1) is 0 Å². The van der Waals surface area contributed by atoms with Crippen LogP contribution in [-0.4, -0.2) is 35.7 Å². The Morgan fingerprint density at radius 3 is 2.74 bits per heavy atom. The number of furan rings is 1. The topological polar surface area (TPSA) is 51.6 Å². The second kappa shape index (κ2) is 5.65. The summed E-state index contributed by atoms with van der Waals surface area (Å²) in [7, 11) is 0. The number of likely N-dealkylation sites (N-methyl/N-ethyl adjacent to an activating group) is 1. The van der Waals surface area contributed by atoms with Crippen molar-refractivity contribution in [2.24, 2.45) is 5.73 Å². The van der Waals surface area contributed by atoms with Gasteiger partial charge in [0.05, 0.1) is 18.4 Å². The van der Waals surface area contributed by atoms with Crippen molar-refractivity contribution < 1.29 is 9.15 Å². The van der Waals surface area contributed by atoms with Crippen LogP contribution in [0.5, 0.6) is 0 Å². The fraction of sp³-hybridized carbons (Fsp3) is 0.733. The molecule has 2 heterocycles. The molecule has 1 saturated heterocycles. The van der Waals surface area contributed by atoms with Gasteiger partial charge in [0.2, 0.25) is 0 Å². The first-order valence-corrected chi connectivity index (χ1v) is 7.13. The van der Waals surface area contributed by atoms with Gasteiger partial charge in [-0.2, -0.15) is 0 Å². The summed E-state index contributed by atoms with van der Waals surface area (Å²) in [5, 5.41) is 0. The molecule has 1 aromatic rings. The summed E-state index contributed by atoms with van der Waals surface area (Å²) in [6.07, 6.45) is 3.68. The van der Waals surface area contributed by atoms with Gasteiger partial charge in [0, 0.05) is 18.7 Å². The van der Waals surface area contributed by atoms with E-state index in [1.54, 1.807) is 6.26 Å². The van der Waals surface area contributed by atoms with Gasteiger partial charge in [-0.05, 0) is 45.4 Å². The molecule has 1 atom stereocenters. The first kappa shape index (κ1) is 14.6. The highest BCUT2D eigenvalue weighted by Gasteiger charge is 2.43. The SMILES string of the molecule is CCN(Cc1ccco1)C1(CN)CCOC(C)(C)C1. The summed E-state index contributed by atoms with van der Waals surface area (Å²) in [6.45, 7) is 9.70. The van der Waals surface area contributed by atoms with Crippen LogP contribution in [0, 0.1) is 0 Å². The van der Waals surface area contributed by atoms with Crippen LogP contribution in [0.1, 0.15) is 39.4 Å². The molecule has 1 fully saturated rings. The van der Waals surface area contributed by atoms with Crippen molar-refractivity contribution in [2.75, 3.05) is 19.7 Å². The quantitative estimate of drug-likeness (QED) is 0.889. The molecule has 0 spiro atoms. The smallest absolute Gasteiger partial charge is 0.117 e. The molecule has 0 radical (unpaired) electrons. The lowest BCUT2D eigenvalue weighted by molar-refractivity contribution is -0.120. The van der Waals surface area contributed by atoms with Gasteiger partial charge in [-0.1, -0.05) is 6.92 Å². The highest BCUT2D eigenvalue weighted by molar-refractivity contribution is 5.04.